The van der Waals surface area contributed by atoms with E-state index in [-0.39, 0.29) is 11.9 Å². The Morgan fingerprint density at radius 3 is 2.76 bits per heavy atom. The van der Waals surface area contributed by atoms with E-state index < -0.39 is 6.10 Å². The first-order valence-corrected chi connectivity index (χ1v) is 7.49. The van der Waals surface area contributed by atoms with Crippen LogP contribution in [0.5, 0.6) is 5.75 Å². The largest absolute Gasteiger partial charge is 0.478 e. The van der Waals surface area contributed by atoms with Crippen LogP contribution in [0.1, 0.15) is 45.2 Å². The second kappa shape index (κ2) is 6.31. The Morgan fingerprint density at radius 2 is 2.19 bits per heavy atom. The maximum Gasteiger partial charge on any atom is 0.268 e. The van der Waals surface area contributed by atoms with Crippen LogP contribution in [0.3, 0.4) is 0 Å². The van der Waals surface area contributed by atoms with E-state index in [1.165, 1.54) is 0 Å². The Balaban J connectivity index is 2.45. The van der Waals surface area contributed by atoms with Crippen molar-refractivity contribution in [3.8, 4) is 5.75 Å². The first kappa shape index (κ1) is 15.6. The van der Waals surface area contributed by atoms with Gasteiger partial charge in [0.05, 0.1) is 5.69 Å². The van der Waals surface area contributed by atoms with E-state index >= 15 is 0 Å². The Hall–Kier alpha value is -1.81. The molecular formula is C17H24N2O2. The van der Waals surface area contributed by atoms with Crippen LogP contribution in [0.25, 0.3) is 0 Å². The number of amides is 1. The molecular weight excluding hydrogens is 264 g/mol. The first-order chi connectivity index (χ1) is 9.97. The van der Waals surface area contributed by atoms with Gasteiger partial charge in [0.15, 0.2) is 6.10 Å². The monoisotopic (exact) mass is 288 g/mol. The zero-order valence-corrected chi connectivity index (χ0v) is 13.1. The lowest BCUT2D eigenvalue weighted by Gasteiger charge is -2.34. The number of carbonyl (C=O) groups is 1. The fourth-order valence-electron chi connectivity index (χ4n) is 2.50. The van der Waals surface area contributed by atoms with Crippen LogP contribution in [-0.4, -0.2) is 18.6 Å². The third kappa shape index (κ3) is 3.10. The van der Waals surface area contributed by atoms with Crippen molar-refractivity contribution in [2.24, 2.45) is 5.73 Å². The number of hydrogen-bond donors (Lipinski definition) is 1. The number of ether oxygens (including phenoxy) is 1. The molecule has 1 aliphatic heterocycles. The number of nitrogens with zero attached hydrogens (tertiary/aromatic N) is 1. The highest BCUT2D eigenvalue weighted by molar-refractivity contribution is 6.00. The highest BCUT2D eigenvalue weighted by atomic mass is 16.5. The van der Waals surface area contributed by atoms with E-state index in [0.717, 1.165) is 29.0 Å². The van der Waals surface area contributed by atoms with Crippen LogP contribution in [0, 0.1) is 0 Å². The van der Waals surface area contributed by atoms with Gasteiger partial charge in [0, 0.05) is 12.6 Å². The smallest absolute Gasteiger partial charge is 0.268 e. The average Bonchev–Trinajstić information content (AvgIpc) is 2.48. The van der Waals surface area contributed by atoms with E-state index in [2.05, 4.69) is 6.58 Å². The molecule has 0 radical (unpaired) electrons. The lowest BCUT2D eigenvalue weighted by atomic mass is 10.0. The highest BCUT2D eigenvalue weighted by Gasteiger charge is 2.33. The van der Waals surface area contributed by atoms with Crippen molar-refractivity contribution in [3.63, 3.8) is 0 Å². The normalized spacial score (nSPS) is 19.0. The van der Waals surface area contributed by atoms with Gasteiger partial charge in [-0.3, -0.25) is 4.79 Å². The minimum Gasteiger partial charge on any atom is -0.478 e. The Kier molecular flexibility index (Phi) is 4.68. The van der Waals surface area contributed by atoms with Crippen LogP contribution in [0.15, 0.2) is 30.4 Å². The van der Waals surface area contributed by atoms with Crippen molar-refractivity contribution in [1.82, 2.24) is 0 Å². The van der Waals surface area contributed by atoms with Crippen molar-refractivity contribution in [2.75, 3.05) is 11.4 Å². The standard InChI is InChI=1S/C17H24N2O2/c1-5-13(18)12-7-8-16-14(9-12)19(10-11(3)4)17(20)15(6-2)21-16/h7-9,13,15H,3,5-6,10,18H2,1-2,4H3. The molecule has 1 heterocycles. The van der Waals surface area contributed by atoms with Gasteiger partial charge in [0.2, 0.25) is 0 Å². The molecule has 0 saturated carbocycles. The molecule has 1 aromatic carbocycles. The van der Waals surface area contributed by atoms with E-state index in [1.807, 2.05) is 39.0 Å². The summed E-state index contributed by atoms with van der Waals surface area (Å²) < 4.78 is 5.81. The van der Waals surface area contributed by atoms with Gasteiger partial charge in [-0.1, -0.05) is 32.1 Å². The molecule has 1 aliphatic rings. The lowest BCUT2D eigenvalue weighted by Crippen LogP contribution is -2.46. The quantitative estimate of drug-likeness (QED) is 0.847. The van der Waals surface area contributed by atoms with Crippen molar-refractivity contribution in [3.05, 3.63) is 35.9 Å². The molecule has 2 N–H and O–H groups in total. The minimum absolute atomic E-state index is 0.00443. The van der Waals surface area contributed by atoms with Crippen molar-refractivity contribution in [1.29, 1.82) is 0 Å². The fraction of sp³-hybridized carbons (Fsp3) is 0.471. The summed E-state index contributed by atoms with van der Waals surface area (Å²) in [5.74, 6) is 0.741. The van der Waals surface area contributed by atoms with Gasteiger partial charge in [-0.25, -0.2) is 0 Å². The Labute approximate surface area is 126 Å². The van der Waals surface area contributed by atoms with Crippen LogP contribution in [0.2, 0.25) is 0 Å². The van der Waals surface area contributed by atoms with Gasteiger partial charge in [0.1, 0.15) is 5.75 Å². The third-order valence-electron chi connectivity index (χ3n) is 3.75. The molecule has 1 aromatic rings. The second-order valence-corrected chi connectivity index (χ2v) is 5.64. The summed E-state index contributed by atoms with van der Waals surface area (Å²) in [5, 5.41) is 0. The predicted octanol–water partition coefficient (Wildman–Crippen LogP) is 3.18. The number of nitrogens with two attached hydrogens (primary N) is 1. The maximum absolute atomic E-state index is 12.5. The molecule has 0 saturated heterocycles. The molecule has 2 unspecified atom stereocenters. The first-order valence-electron chi connectivity index (χ1n) is 7.49. The minimum atomic E-state index is -0.414. The Bertz CT molecular complexity index is 554. The summed E-state index contributed by atoms with van der Waals surface area (Å²) in [6.45, 7) is 10.4. The third-order valence-corrected chi connectivity index (χ3v) is 3.75. The van der Waals surface area contributed by atoms with E-state index in [4.69, 9.17) is 10.5 Å². The number of carbonyl (C=O) groups excluding carboxylic acids is 1. The van der Waals surface area contributed by atoms with Gasteiger partial charge in [-0.15, -0.1) is 0 Å². The molecule has 2 atom stereocenters. The Morgan fingerprint density at radius 1 is 1.48 bits per heavy atom. The predicted molar refractivity (Wildman–Crippen MR) is 85.5 cm³/mol. The summed E-state index contributed by atoms with van der Waals surface area (Å²) in [4.78, 5) is 14.3. The second-order valence-electron chi connectivity index (χ2n) is 5.64. The number of anilines is 1. The van der Waals surface area contributed by atoms with E-state index in [9.17, 15) is 4.79 Å². The van der Waals surface area contributed by atoms with Gasteiger partial charge in [-0.2, -0.15) is 0 Å². The molecule has 0 spiro atoms. The zero-order valence-electron chi connectivity index (χ0n) is 13.1. The van der Waals surface area contributed by atoms with Gasteiger partial charge >= 0.3 is 0 Å². The average molecular weight is 288 g/mol. The van der Waals surface area contributed by atoms with Gasteiger partial charge in [-0.05, 0) is 37.5 Å². The van der Waals surface area contributed by atoms with Crippen LogP contribution < -0.4 is 15.4 Å². The number of rotatable bonds is 5. The summed E-state index contributed by atoms with van der Waals surface area (Å²) >= 11 is 0. The van der Waals surface area contributed by atoms with E-state index in [0.29, 0.717) is 13.0 Å². The van der Waals surface area contributed by atoms with Crippen molar-refractivity contribution >= 4 is 11.6 Å². The summed E-state index contributed by atoms with van der Waals surface area (Å²) in [7, 11) is 0. The summed E-state index contributed by atoms with van der Waals surface area (Å²) in [5.41, 5.74) is 8.86. The van der Waals surface area contributed by atoms with Crippen molar-refractivity contribution < 1.29 is 9.53 Å². The molecule has 0 bridgehead atoms. The molecule has 2 rings (SSSR count). The molecule has 114 valence electrons. The SMILES string of the molecule is C=C(C)CN1C(=O)C(CC)Oc2ccc(C(N)CC)cc21. The molecule has 0 fully saturated rings. The lowest BCUT2D eigenvalue weighted by molar-refractivity contribution is -0.126. The highest BCUT2D eigenvalue weighted by Crippen LogP contribution is 2.37. The van der Waals surface area contributed by atoms with Gasteiger partial charge < -0.3 is 15.4 Å². The molecule has 1 amide bonds. The van der Waals surface area contributed by atoms with Crippen LogP contribution in [0.4, 0.5) is 5.69 Å². The van der Waals surface area contributed by atoms with Gasteiger partial charge in [0.25, 0.3) is 5.91 Å². The summed E-state index contributed by atoms with van der Waals surface area (Å²) in [6, 6.07) is 5.84. The van der Waals surface area contributed by atoms with Crippen LogP contribution >= 0.6 is 0 Å². The molecule has 0 aromatic heterocycles. The number of benzene rings is 1. The number of hydrogen-bond acceptors (Lipinski definition) is 3. The molecule has 4 nitrogen and oxygen atoms in total. The van der Waals surface area contributed by atoms with E-state index in [1.54, 1.807) is 4.90 Å². The fourth-order valence-corrected chi connectivity index (χ4v) is 2.50. The topological polar surface area (TPSA) is 55.6 Å². The molecule has 21 heavy (non-hydrogen) atoms. The zero-order chi connectivity index (χ0) is 15.6. The van der Waals surface area contributed by atoms with Crippen molar-refractivity contribution in [2.45, 2.75) is 45.8 Å². The molecule has 4 heteroatoms. The number of fused-ring (bicyclic) bond motifs is 1. The maximum atomic E-state index is 12.5. The van der Waals surface area contributed by atoms with Crippen LogP contribution in [-0.2, 0) is 4.79 Å². The molecule has 0 aliphatic carbocycles. The summed E-state index contributed by atoms with van der Waals surface area (Å²) in [6.07, 6.45) is 1.09.